The normalized spacial score (nSPS) is 10.9. The number of nitrogens with zero attached hydrogens (tertiary/aromatic N) is 7. The lowest BCUT2D eigenvalue weighted by molar-refractivity contribution is 0.866. The zero-order valence-corrected chi connectivity index (χ0v) is 7.52. The van der Waals surface area contributed by atoms with Crippen molar-refractivity contribution in [3.8, 4) is 5.69 Å². The highest BCUT2D eigenvalue weighted by atomic mass is 15.4. The van der Waals surface area contributed by atoms with Gasteiger partial charge in [0.25, 0.3) is 0 Å². The van der Waals surface area contributed by atoms with Crippen LogP contribution >= 0.6 is 0 Å². The summed E-state index contributed by atoms with van der Waals surface area (Å²) in [7, 11) is 0. The number of anilines is 1. The third-order valence-corrected chi connectivity index (χ3v) is 2.01. The van der Waals surface area contributed by atoms with Gasteiger partial charge in [0.05, 0.1) is 6.20 Å². The van der Waals surface area contributed by atoms with Gasteiger partial charge in [-0.15, -0.1) is 10.2 Å². The number of aromatic nitrogens is 7. The molecule has 0 saturated carbocycles. The number of hydrogen-bond donors (Lipinski definition) is 1. The van der Waals surface area contributed by atoms with Gasteiger partial charge in [-0.25, -0.2) is 19.1 Å². The van der Waals surface area contributed by atoms with Crippen LogP contribution in [0.15, 0.2) is 25.2 Å². The van der Waals surface area contributed by atoms with Crippen molar-refractivity contribution < 1.29 is 0 Å². The second-order valence-corrected chi connectivity index (χ2v) is 2.87. The summed E-state index contributed by atoms with van der Waals surface area (Å²) in [6.07, 6.45) is 6.07. The number of nitrogens with two attached hydrogens (primary N) is 1. The van der Waals surface area contributed by atoms with Gasteiger partial charge in [0.1, 0.15) is 24.7 Å². The van der Waals surface area contributed by atoms with Gasteiger partial charge in [-0.2, -0.15) is 5.10 Å². The maximum Gasteiger partial charge on any atom is 0.207 e. The first kappa shape index (κ1) is 7.85. The summed E-state index contributed by atoms with van der Waals surface area (Å²) in [5.41, 5.74) is 6.92. The minimum Gasteiger partial charge on any atom is -0.369 e. The Kier molecular flexibility index (Phi) is 1.43. The van der Waals surface area contributed by atoms with Crippen LogP contribution in [-0.4, -0.2) is 34.3 Å². The van der Waals surface area contributed by atoms with Crippen molar-refractivity contribution in [3.63, 3.8) is 0 Å². The van der Waals surface area contributed by atoms with E-state index in [0.29, 0.717) is 17.3 Å². The molecular formula is C7H6N8. The van der Waals surface area contributed by atoms with E-state index in [4.69, 9.17) is 5.73 Å². The van der Waals surface area contributed by atoms with Crippen LogP contribution in [0.1, 0.15) is 0 Å². The van der Waals surface area contributed by atoms with E-state index < -0.39 is 0 Å². The SMILES string of the molecule is Nc1ncc(-n2cncn2)c2nncn12. The molecule has 0 atom stereocenters. The minimum absolute atomic E-state index is 0.332. The van der Waals surface area contributed by atoms with Crippen LogP contribution in [-0.2, 0) is 0 Å². The zero-order chi connectivity index (χ0) is 10.3. The molecule has 0 amide bonds. The van der Waals surface area contributed by atoms with E-state index in [2.05, 4.69) is 25.3 Å². The van der Waals surface area contributed by atoms with Gasteiger partial charge < -0.3 is 5.73 Å². The van der Waals surface area contributed by atoms with Gasteiger partial charge in [-0.1, -0.05) is 0 Å². The van der Waals surface area contributed by atoms with Crippen LogP contribution in [0.3, 0.4) is 0 Å². The van der Waals surface area contributed by atoms with Crippen LogP contribution in [0, 0.1) is 0 Å². The highest BCUT2D eigenvalue weighted by Gasteiger charge is 2.08. The van der Waals surface area contributed by atoms with Crippen LogP contribution in [0.5, 0.6) is 0 Å². The molecule has 3 heterocycles. The van der Waals surface area contributed by atoms with Gasteiger partial charge in [0.15, 0.2) is 5.65 Å². The first-order valence-electron chi connectivity index (χ1n) is 4.15. The average Bonchev–Trinajstić information content (AvgIpc) is 2.88. The molecule has 0 saturated heterocycles. The van der Waals surface area contributed by atoms with E-state index in [1.54, 1.807) is 21.6 Å². The molecule has 0 bridgehead atoms. The minimum atomic E-state index is 0.332. The molecule has 8 heteroatoms. The third-order valence-electron chi connectivity index (χ3n) is 2.01. The maximum atomic E-state index is 5.65. The van der Waals surface area contributed by atoms with Gasteiger partial charge in [-0.05, 0) is 0 Å². The maximum absolute atomic E-state index is 5.65. The van der Waals surface area contributed by atoms with Crippen LogP contribution in [0.4, 0.5) is 5.95 Å². The van der Waals surface area contributed by atoms with Gasteiger partial charge in [0.2, 0.25) is 5.95 Å². The fourth-order valence-electron chi connectivity index (χ4n) is 1.32. The second-order valence-electron chi connectivity index (χ2n) is 2.87. The molecule has 15 heavy (non-hydrogen) atoms. The first-order chi connectivity index (χ1) is 7.36. The Morgan fingerprint density at radius 3 is 3.00 bits per heavy atom. The third kappa shape index (κ3) is 1.04. The summed E-state index contributed by atoms with van der Waals surface area (Å²) in [6, 6.07) is 0. The fourth-order valence-corrected chi connectivity index (χ4v) is 1.32. The molecule has 0 aliphatic carbocycles. The Morgan fingerprint density at radius 2 is 2.20 bits per heavy atom. The van der Waals surface area contributed by atoms with Crippen molar-refractivity contribution in [1.29, 1.82) is 0 Å². The average molecular weight is 202 g/mol. The van der Waals surface area contributed by atoms with Crippen molar-refractivity contribution in [2.24, 2.45) is 0 Å². The molecule has 0 aromatic carbocycles. The van der Waals surface area contributed by atoms with Crippen LogP contribution in [0.2, 0.25) is 0 Å². The molecule has 3 aromatic heterocycles. The lowest BCUT2D eigenvalue weighted by atomic mass is 10.5. The van der Waals surface area contributed by atoms with Gasteiger partial charge in [0, 0.05) is 0 Å². The second kappa shape index (κ2) is 2.74. The lowest BCUT2D eigenvalue weighted by Crippen LogP contribution is -2.04. The first-order valence-corrected chi connectivity index (χ1v) is 4.15. The monoisotopic (exact) mass is 202 g/mol. The predicted octanol–water partition coefficient (Wildman–Crippen LogP) is -0.713. The molecule has 0 fully saturated rings. The summed E-state index contributed by atoms with van der Waals surface area (Å²) in [4.78, 5) is 7.86. The summed E-state index contributed by atoms with van der Waals surface area (Å²) < 4.78 is 3.13. The van der Waals surface area contributed by atoms with E-state index in [-0.39, 0.29) is 0 Å². The summed E-state index contributed by atoms with van der Waals surface area (Å²) >= 11 is 0. The van der Waals surface area contributed by atoms with Gasteiger partial charge in [-0.3, -0.25) is 0 Å². The van der Waals surface area contributed by atoms with Crippen molar-refractivity contribution in [3.05, 3.63) is 25.2 Å². The van der Waals surface area contributed by atoms with E-state index in [1.807, 2.05) is 0 Å². The van der Waals surface area contributed by atoms with E-state index in [0.717, 1.165) is 0 Å². The molecule has 0 aliphatic rings. The van der Waals surface area contributed by atoms with E-state index in [1.165, 1.54) is 12.7 Å². The van der Waals surface area contributed by atoms with Gasteiger partial charge >= 0.3 is 0 Å². The molecule has 3 rings (SSSR count). The van der Waals surface area contributed by atoms with Crippen molar-refractivity contribution >= 4 is 11.6 Å². The quantitative estimate of drug-likeness (QED) is 0.559. The molecule has 0 aliphatic heterocycles. The van der Waals surface area contributed by atoms with Crippen LogP contribution in [0.25, 0.3) is 11.3 Å². The Morgan fingerprint density at radius 1 is 1.27 bits per heavy atom. The highest BCUT2D eigenvalue weighted by molar-refractivity contribution is 5.58. The predicted molar refractivity (Wildman–Crippen MR) is 50.1 cm³/mol. The fraction of sp³-hybridized carbons (Fsp3) is 0. The Labute approximate surface area is 83.4 Å². The smallest absolute Gasteiger partial charge is 0.207 e. The highest BCUT2D eigenvalue weighted by Crippen LogP contribution is 2.12. The Balaban J connectivity index is 2.37. The molecule has 74 valence electrons. The van der Waals surface area contributed by atoms with E-state index >= 15 is 0 Å². The number of nitrogen functional groups attached to an aromatic ring is 1. The summed E-state index contributed by atoms with van der Waals surface area (Å²) in [6.45, 7) is 0. The number of hydrogen-bond acceptors (Lipinski definition) is 6. The molecule has 2 N–H and O–H groups in total. The summed E-state index contributed by atoms with van der Waals surface area (Å²) in [5.74, 6) is 0.332. The standard InChI is InChI=1S/C7H6N8/c8-7-10-1-5(15-3-9-2-12-15)6-13-11-4-14(6)7/h1-4H,(H2,8,10). The Hall–Kier alpha value is -2.51. The molecule has 0 spiro atoms. The largest absolute Gasteiger partial charge is 0.369 e. The molecule has 0 radical (unpaired) electrons. The van der Waals surface area contributed by atoms with Crippen molar-refractivity contribution in [2.45, 2.75) is 0 Å². The molecule has 0 unspecified atom stereocenters. The Bertz CT molecular complexity index is 595. The molecule has 8 nitrogen and oxygen atoms in total. The van der Waals surface area contributed by atoms with E-state index in [9.17, 15) is 0 Å². The topological polar surface area (TPSA) is 99.8 Å². The molecule has 3 aromatic rings. The van der Waals surface area contributed by atoms with Crippen LogP contribution < -0.4 is 5.73 Å². The molecular weight excluding hydrogens is 196 g/mol. The number of fused-ring (bicyclic) bond motifs is 1. The van der Waals surface area contributed by atoms with Crippen molar-refractivity contribution in [1.82, 2.24) is 34.3 Å². The number of rotatable bonds is 1. The lowest BCUT2D eigenvalue weighted by Gasteiger charge is -2.02. The summed E-state index contributed by atoms with van der Waals surface area (Å²) in [5, 5.41) is 11.7. The van der Waals surface area contributed by atoms with Crippen molar-refractivity contribution in [2.75, 3.05) is 5.73 Å². The zero-order valence-electron chi connectivity index (χ0n) is 7.52.